The fourth-order valence-electron chi connectivity index (χ4n) is 5.47. The van der Waals surface area contributed by atoms with Gasteiger partial charge in [0.1, 0.15) is 17.4 Å². The van der Waals surface area contributed by atoms with Crippen LogP contribution in [0.5, 0.6) is 0 Å². The molecule has 0 bridgehead atoms. The summed E-state index contributed by atoms with van der Waals surface area (Å²) in [7, 11) is 0. The predicted octanol–water partition coefficient (Wildman–Crippen LogP) is 4.04. The Labute approximate surface area is 280 Å². The maximum atomic E-state index is 12.1. The highest BCUT2D eigenvalue weighted by atomic mass is 79.9. The van der Waals surface area contributed by atoms with E-state index in [9.17, 15) is 19.2 Å². The highest BCUT2D eigenvalue weighted by molar-refractivity contribution is 9.10. The minimum Gasteiger partial charge on any atom is -0.378 e. The smallest absolute Gasteiger partial charge is 0.272 e. The maximum Gasteiger partial charge on any atom is 0.272 e. The number of hydrogen-bond donors (Lipinski definition) is 3. The Morgan fingerprint density at radius 2 is 1.39 bits per heavy atom. The summed E-state index contributed by atoms with van der Waals surface area (Å²) in [5.74, 6) is -0.365. The summed E-state index contributed by atoms with van der Waals surface area (Å²) in [6.45, 7) is 2.55. The first-order valence-electron chi connectivity index (χ1n) is 14.3. The molecule has 44 heavy (non-hydrogen) atoms. The third-order valence-electron chi connectivity index (χ3n) is 7.70. The summed E-state index contributed by atoms with van der Waals surface area (Å²) in [6.07, 6.45) is 4.37. The van der Waals surface area contributed by atoms with Crippen LogP contribution in [0, 0.1) is 0 Å². The normalized spacial score (nSPS) is 27.8. The third kappa shape index (κ3) is 7.83. The molecule has 2 aromatic rings. The average molecular weight is 798 g/mol. The number of ether oxygens (including phenoxy) is 2. The van der Waals surface area contributed by atoms with Gasteiger partial charge < -0.3 is 20.1 Å². The van der Waals surface area contributed by atoms with Crippen LogP contribution in [0.3, 0.4) is 0 Å². The Morgan fingerprint density at radius 1 is 0.795 bits per heavy atom. The number of carbonyl (C=O) groups is 4. The van der Waals surface area contributed by atoms with Crippen LogP contribution in [0.2, 0.25) is 0 Å². The Bertz CT molecular complexity index is 1410. The highest BCUT2D eigenvalue weighted by Crippen LogP contribution is 2.29. The largest absolute Gasteiger partial charge is 0.378 e. The van der Waals surface area contributed by atoms with Gasteiger partial charge in [-0.1, -0.05) is 56.1 Å². The second-order valence-corrected chi connectivity index (χ2v) is 13.6. The number of halogens is 3. The van der Waals surface area contributed by atoms with E-state index in [-0.39, 0.29) is 35.3 Å². The summed E-state index contributed by atoms with van der Waals surface area (Å²) in [5.41, 5.74) is 1.44. The van der Waals surface area contributed by atoms with Crippen LogP contribution in [-0.2, 0) is 28.7 Å². The van der Waals surface area contributed by atoms with Crippen LogP contribution in [-0.4, -0.2) is 71.0 Å². The second kappa shape index (κ2) is 14.3. The zero-order valence-corrected chi connectivity index (χ0v) is 28.5. The molecule has 4 fully saturated rings. The fourth-order valence-corrected chi connectivity index (χ4v) is 6.35. The van der Waals surface area contributed by atoms with Gasteiger partial charge in [0.15, 0.2) is 5.66 Å². The van der Waals surface area contributed by atoms with Crippen LogP contribution >= 0.6 is 48.0 Å². The van der Waals surface area contributed by atoms with Gasteiger partial charge in [0.2, 0.25) is 17.7 Å². The first-order valence-corrected chi connectivity index (χ1v) is 16.6. The molecular formula is C30H32Br3N5O6. The number of rotatable bonds is 2. The molecule has 14 heteroatoms. The van der Waals surface area contributed by atoms with Gasteiger partial charge in [0.25, 0.3) is 5.91 Å². The molecule has 2 aromatic carbocycles. The molecule has 0 aromatic heterocycles. The minimum absolute atomic E-state index is 0.0304. The molecule has 0 aliphatic carbocycles. The summed E-state index contributed by atoms with van der Waals surface area (Å²) in [6, 6.07) is 15.2. The molecular weight excluding hydrogens is 766 g/mol. The molecule has 3 N–H and O–H groups in total. The number of carbonyl (C=O) groups excluding carboxylic acids is 4. The SMILES string of the molecule is O=C1CCC(=O)N1Br.O=C1NC2(CCCOC2)N=C1c1ccc(Br)cc1.O=C1NC2(CCCOC2)NC1c1ccc(Br)cc1. The standard InChI is InChI=1S/C13H15BrN2O2.C13H13BrN2O2.C4H4BrNO2/c2*14-10-4-2-9(3-5-10)11-12(17)16-13(15-11)6-1-7-18-8-13;5-6-3(7)1-2-4(6)8/h2-5,11,15H,1,6-8H2,(H,16,17);2-5H,1,6-8H2,(H,16,17);1-2H2. The molecule has 3 atom stereocenters. The molecule has 11 nitrogen and oxygen atoms in total. The van der Waals surface area contributed by atoms with E-state index in [1.807, 2.05) is 48.5 Å². The van der Waals surface area contributed by atoms with Gasteiger partial charge in [-0.25, -0.2) is 8.92 Å². The molecule has 4 saturated heterocycles. The quantitative estimate of drug-likeness (QED) is 0.308. The predicted molar refractivity (Wildman–Crippen MR) is 173 cm³/mol. The van der Waals surface area contributed by atoms with E-state index >= 15 is 0 Å². The van der Waals surface area contributed by atoms with Crippen LogP contribution in [0.25, 0.3) is 0 Å². The van der Waals surface area contributed by atoms with E-state index in [0.717, 1.165) is 62.9 Å². The summed E-state index contributed by atoms with van der Waals surface area (Å²) < 4.78 is 13.9. The van der Waals surface area contributed by atoms with Gasteiger partial charge in [-0.3, -0.25) is 24.5 Å². The van der Waals surface area contributed by atoms with Crippen molar-refractivity contribution in [3.63, 3.8) is 0 Å². The lowest BCUT2D eigenvalue weighted by Gasteiger charge is -2.33. The van der Waals surface area contributed by atoms with Gasteiger partial charge in [0, 0.05) is 40.6 Å². The van der Waals surface area contributed by atoms with E-state index in [0.29, 0.717) is 31.8 Å². The number of hydrogen-bond acceptors (Lipinski definition) is 8. The van der Waals surface area contributed by atoms with Crippen molar-refractivity contribution in [2.75, 3.05) is 26.4 Å². The highest BCUT2D eigenvalue weighted by Gasteiger charge is 2.45. The van der Waals surface area contributed by atoms with Crippen LogP contribution in [0.1, 0.15) is 55.7 Å². The molecule has 7 rings (SSSR count). The molecule has 4 amide bonds. The Hall–Kier alpha value is -2.49. The number of aliphatic imine (C=N–C) groups is 1. The number of nitrogens with zero attached hydrogens (tertiary/aromatic N) is 2. The molecule has 0 saturated carbocycles. The molecule has 3 unspecified atom stereocenters. The van der Waals surface area contributed by atoms with Crippen molar-refractivity contribution in [1.29, 1.82) is 0 Å². The van der Waals surface area contributed by atoms with E-state index in [2.05, 4.69) is 68.9 Å². The second-order valence-electron chi connectivity index (χ2n) is 11.0. The molecule has 234 valence electrons. The molecule has 0 radical (unpaired) electrons. The van der Waals surface area contributed by atoms with Crippen molar-refractivity contribution in [1.82, 2.24) is 19.9 Å². The maximum absolute atomic E-state index is 12.1. The monoisotopic (exact) mass is 795 g/mol. The summed E-state index contributed by atoms with van der Waals surface area (Å²) in [4.78, 5) is 49.6. The molecule has 5 aliphatic heterocycles. The van der Waals surface area contributed by atoms with Crippen LogP contribution in [0.15, 0.2) is 62.5 Å². The zero-order chi connectivity index (χ0) is 31.3. The van der Waals surface area contributed by atoms with Gasteiger partial charge in [0.05, 0.1) is 29.4 Å². The topological polar surface area (TPSA) is 138 Å². The van der Waals surface area contributed by atoms with Crippen molar-refractivity contribution >= 4 is 77.3 Å². The summed E-state index contributed by atoms with van der Waals surface area (Å²) >= 11 is 9.58. The van der Waals surface area contributed by atoms with Crippen LogP contribution < -0.4 is 16.0 Å². The number of benzene rings is 2. The zero-order valence-electron chi connectivity index (χ0n) is 23.7. The Morgan fingerprint density at radius 3 is 1.91 bits per heavy atom. The van der Waals surface area contributed by atoms with Crippen LogP contribution in [0.4, 0.5) is 0 Å². The van der Waals surface area contributed by atoms with E-state index in [4.69, 9.17) is 9.47 Å². The van der Waals surface area contributed by atoms with Crippen molar-refractivity contribution in [2.24, 2.45) is 4.99 Å². The Kier molecular flexibility index (Phi) is 10.7. The molecule has 5 aliphatic rings. The van der Waals surface area contributed by atoms with Crippen molar-refractivity contribution in [3.05, 3.63) is 68.6 Å². The van der Waals surface area contributed by atoms with Gasteiger partial charge >= 0.3 is 0 Å². The molecule has 2 spiro atoms. The van der Waals surface area contributed by atoms with Crippen molar-refractivity contribution in [3.8, 4) is 0 Å². The summed E-state index contributed by atoms with van der Waals surface area (Å²) in [5, 5.41) is 9.39. The van der Waals surface area contributed by atoms with Crippen molar-refractivity contribution in [2.45, 2.75) is 55.9 Å². The van der Waals surface area contributed by atoms with E-state index < -0.39 is 5.66 Å². The number of nitrogens with one attached hydrogen (secondary N) is 3. The van der Waals surface area contributed by atoms with Gasteiger partial charge in [-0.05, 0) is 55.5 Å². The number of imide groups is 1. The van der Waals surface area contributed by atoms with Crippen molar-refractivity contribution < 1.29 is 28.7 Å². The third-order valence-corrected chi connectivity index (χ3v) is 9.55. The van der Waals surface area contributed by atoms with E-state index in [1.165, 1.54) is 0 Å². The fraction of sp³-hybridized carbons (Fsp3) is 0.433. The van der Waals surface area contributed by atoms with Gasteiger partial charge in [-0.15, -0.1) is 0 Å². The lowest BCUT2D eigenvalue weighted by atomic mass is 10.0. The van der Waals surface area contributed by atoms with Gasteiger partial charge in [-0.2, -0.15) is 0 Å². The lowest BCUT2D eigenvalue weighted by molar-refractivity contribution is -0.131. The first kappa shape index (κ1) is 32.9. The Balaban J connectivity index is 0.000000141. The minimum atomic E-state index is -0.530. The lowest BCUT2D eigenvalue weighted by Crippen LogP contribution is -2.55. The van der Waals surface area contributed by atoms with E-state index in [1.54, 1.807) is 0 Å². The number of amides is 4. The molecule has 5 heterocycles. The first-order chi connectivity index (χ1) is 21.1. The average Bonchev–Trinajstić information content (AvgIpc) is 3.62.